The van der Waals surface area contributed by atoms with Gasteiger partial charge in [-0.05, 0) is 30.7 Å². The van der Waals surface area contributed by atoms with Crippen LogP contribution in [0.5, 0.6) is 11.5 Å². The fourth-order valence-electron chi connectivity index (χ4n) is 2.52. The first-order chi connectivity index (χ1) is 13.0. The van der Waals surface area contributed by atoms with Crippen LogP contribution in [0.3, 0.4) is 0 Å². The molecule has 0 aliphatic heterocycles. The number of aromatic nitrogens is 1. The van der Waals surface area contributed by atoms with Crippen LogP contribution in [0.25, 0.3) is 6.08 Å². The molecule has 0 bridgehead atoms. The second-order valence-electron chi connectivity index (χ2n) is 5.71. The van der Waals surface area contributed by atoms with Crippen molar-refractivity contribution in [3.05, 3.63) is 63.6 Å². The SMILES string of the molecule is COCCn1c(C)cc(O)c(C(=O)C=Cc2cccc(OCC#N)c2)c1=O. The Hall–Kier alpha value is -3.37. The summed E-state index contributed by atoms with van der Waals surface area (Å²) in [6, 6.07) is 10.1. The maximum Gasteiger partial charge on any atom is 0.265 e. The maximum absolute atomic E-state index is 12.6. The van der Waals surface area contributed by atoms with Crippen molar-refractivity contribution < 1.29 is 19.4 Å². The van der Waals surface area contributed by atoms with Crippen LogP contribution in [0, 0.1) is 18.3 Å². The van der Waals surface area contributed by atoms with Gasteiger partial charge in [-0.2, -0.15) is 5.26 Å². The molecule has 0 aliphatic rings. The highest BCUT2D eigenvalue weighted by atomic mass is 16.5. The monoisotopic (exact) mass is 368 g/mol. The standard InChI is InChI=1S/C20H20N2O5/c1-14-12-18(24)19(20(25)22(14)9-11-26-2)17(23)7-6-15-4-3-5-16(13-15)27-10-8-21/h3-7,12-13,24H,9-11H2,1-2H3. The fourth-order valence-corrected chi connectivity index (χ4v) is 2.52. The number of aryl methyl sites for hydroxylation is 1. The van der Waals surface area contributed by atoms with Crippen molar-refractivity contribution in [2.24, 2.45) is 0 Å². The third-order valence-corrected chi connectivity index (χ3v) is 3.84. The lowest BCUT2D eigenvalue weighted by atomic mass is 10.1. The van der Waals surface area contributed by atoms with Crippen molar-refractivity contribution in [2.45, 2.75) is 13.5 Å². The number of aromatic hydroxyl groups is 1. The minimum Gasteiger partial charge on any atom is -0.507 e. The number of rotatable bonds is 8. The van der Waals surface area contributed by atoms with E-state index >= 15 is 0 Å². The first kappa shape index (κ1) is 19.9. The number of hydrogen-bond donors (Lipinski definition) is 1. The van der Waals surface area contributed by atoms with Crippen LogP contribution in [0.1, 0.15) is 21.6 Å². The van der Waals surface area contributed by atoms with Crippen LogP contribution in [0.4, 0.5) is 0 Å². The number of nitriles is 1. The van der Waals surface area contributed by atoms with E-state index in [1.807, 2.05) is 6.07 Å². The molecule has 0 atom stereocenters. The molecule has 0 amide bonds. The summed E-state index contributed by atoms with van der Waals surface area (Å²) < 4.78 is 11.6. The van der Waals surface area contributed by atoms with Crippen LogP contribution >= 0.6 is 0 Å². The van der Waals surface area contributed by atoms with Crippen LogP contribution in [0.15, 0.2) is 41.2 Å². The third kappa shape index (κ3) is 5.06. The van der Waals surface area contributed by atoms with Crippen LogP contribution in [-0.2, 0) is 11.3 Å². The highest BCUT2D eigenvalue weighted by Gasteiger charge is 2.17. The number of ketones is 1. The Morgan fingerprint density at radius 3 is 2.85 bits per heavy atom. The normalized spacial score (nSPS) is 10.7. The zero-order chi connectivity index (χ0) is 19.8. The van der Waals surface area contributed by atoms with Crippen molar-refractivity contribution in [1.82, 2.24) is 4.57 Å². The van der Waals surface area contributed by atoms with Gasteiger partial charge in [0, 0.05) is 25.4 Å². The van der Waals surface area contributed by atoms with Crippen molar-refractivity contribution in [2.75, 3.05) is 20.3 Å². The molecule has 7 nitrogen and oxygen atoms in total. The average molecular weight is 368 g/mol. The van der Waals surface area contributed by atoms with E-state index in [-0.39, 0.29) is 24.5 Å². The lowest BCUT2D eigenvalue weighted by molar-refractivity contribution is 0.104. The smallest absolute Gasteiger partial charge is 0.265 e. The molecule has 1 heterocycles. The highest BCUT2D eigenvalue weighted by molar-refractivity contribution is 6.08. The van der Waals surface area contributed by atoms with Gasteiger partial charge in [-0.15, -0.1) is 0 Å². The number of methoxy groups -OCH3 is 1. The van der Waals surface area contributed by atoms with Gasteiger partial charge in [0.15, 0.2) is 12.4 Å². The number of carbonyl (C=O) groups excluding carboxylic acids is 1. The van der Waals surface area contributed by atoms with E-state index in [2.05, 4.69) is 0 Å². The first-order valence-corrected chi connectivity index (χ1v) is 8.22. The summed E-state index contributed by atoms with van der Waals surface area (Å²) in [6.45, 7) is 2.19. The Morgan fingerprint density at radius 1 is 1.37 bits per heavy atom. The third-order valence-electron chi connectivity index (χ3n) is 3.84. The van der Waals surface area contributed by atoms with Gasteiger partial charge in [-0.1, -0.05) is 18.2 Å². The predicted octanol–water partition coefficient (Wildman–Crippen LogP) is 2.31. The van der Waals surface area contributed by atoms with Crippen LogP contribution in [0.2, 0.25) is 0 Å². The number of carbonyl (C=O) groups is 1. The zero-order valence-corrected chi connectivity index (χ0v) is 15.1. The van der Waals surface area contributed by atoms with Gasteiger partial charge in [0.25, 0.3) is 5.56 Å². The zero-order valence-electron chi connectivity index (χ0n) is 15.1. The Balaban J connectivity index is 2.29. The summed E-state index contributed by atoms with van der Waals surface area (Å²) in [5.41, 5.74) is 0.345. The topological polar surface area (TPSA) is 102 Å². The molecule has 0 spiro atoms. The van der Waals surface area contributed by atoms with E-state index in [1.165, 1.54) is 29.9 Å². The van der Waals surface area contributed by atoms with Gasteiger partial charge >= 0.3 is 0 Å². The van der Waals surface area contributed by atoms with E-state index in [4.69, 9.17) is 14.7 Å². The molecule has 0 saturated carbocycles. The summed E-state index contributed by atoms with van der Waals surface area (Å²) in [4.78, 5) is 25.1. The number of ether oxygens (including phenoxy) is 2. The second kappa shape index (κ2) is 9.36. The summed E-state index contributed by atoms with van der Waals surface area (Å²) in [7, 11) is 1.52. The molecule has 27 heavy (non-hydrogen) atoms. The molecule has 1 N–H and O–H groups in total. The average Bonchev–Trinajstić information content (AvgIpc) is 2.64. The van der Waals surface area contributed by atoms with E-state index in [0.717, 1.165) is 0 Å². The number of pyridine rings is 1. The molecule has 140 valence electrons. The molecular formula is C20H20N2O5. The molecule has 1 aromatic heterocycles. The van der Waals surface area contributed by atoms with Crippen LogP contribution < -0.4 is 10.3 Å². The lowest BCUT2D eigenvalue weighted by Gasteiger charge is -2.12. The van der Waals surface area contributed by atoms with Gasteiger partial charge in [-0.3, -0.25) is 9.59 Å². The fraction of sp³-hybridized carbons (Fsp3) is 0.250. The number of allylic oxidation sites excluding steroid dienone is 1. The van der Waals surface area contributed by atoms with E-state index < -0.39 is 11.3 Å². The number of benzene rings is 1. The largest absolute Gasteiger partial charge is 0.507 e. The van der Waals surface area contributed by atoms with Gasteiger partial charge in [0.1, 0.15) is 23.1 Å². The number of nitrogens with zero attached hydrogens (tertiary/aromatic N) is 2. The van der Waals surface area contributed by atoms with Crippen molar-refractivity contribution >= 4 is 11.9 Å². The quantitative estimate of drug-likeness (QED) is 0.567. The molecular weight excluding hydrogens is 348 g/mol. The van der Waals surface area contributed by atoms with Gasteiger partial charge in [-0.25, -0.2) is 0 Å². The highest BCUT2D eigenvalue weighted by Crippen LogP contribution is 2.18. The molecule has 7 heteroatoms. The van der Waals surface area contributed by atoms with Gasteiger partial charge in [0.2, 0.25) is 0 Å². The Labute approximate surface area is 156 Å². The van der Waals surface area contributed by atoms with Crippen LogP contribution in [-0.4, -0.2) is 35.8 Å². The van der Waals surface area contributed by atoms with E-state index in [0.29, 0.717) is 23.6 Å². The predicted molar refractivity (Wildman–Crippen MR) is 99.9 cm³/mol. The summed E-state index contributed by atoms with van der Waals surface area (Å²) >= 11 is 0. The molecule has 0 saturated heterocycles. The molecule has 0 unspecified atom stereocenters. The number of hydrogen-bond acceptors (Lipinski definition) is 6. The second-order valence-corrected chi connectivity index (χ2v) is 5.71. The maximum atomic E-state index is 12.6. The Bertz CT molecular complexity index is 954. The van der Waals surface area contributed by atoms with Crippen molar-refractivity contribution in [3.8, 4) is 17.6 Å². The van der Waals surface area contributed by atoms with Crippen molar-refractivity contribution in [3.63, 3.8) is 0 Å². The molecule has 0 aliphatic carbocycles. The van der Waals surface area contributed by atoms with Gasteiger partial charge < -0.3 is 19.1 Å². The minimum atomic E-state index is -0.605. The Kier molecular flexibility index (Phi) is 6.92. The van der Waals surface area contributed by atoms with E-state index in [9.17, 15) is 14.7 Å². The minimum absolute atomic E-state index is 0.0790. The summed E-state index contributed by atoms with van der Waals surface area (Å²) in [5, 5.41) is 18.6. The molecule has 0 radical (unpaired) electrons. The molecule has 1 aromatic carbocycles. The molecule has 2 aromatic rings. The lowest BCUT2D eigenvalue weighted by Crippen LogP contribution is -2.29. The molecule has 0 fully saturated rings. The van der Waals surface area contributed by atoms with Gasteiger partial charge in [0.05, 0.1) is 6.61 Å². The summed E-state index contributed by atoms with van der Waals surface area (Å²) in [6.07, 6.45) is 2.73. The molecule has 2 rings (SSSR count). The summed E-state index contributed by atoms with van der Waals surface area (Å²) in [5.74, 6) is -0.467. The van der Waals surface area contributed by atoms with Crippen molar-refractivity contribution in [1.29, 1.82) is 5.26 Å². The Morgan fingerprint density at radius 2 is 2.15 bits per heavy atom. The van der Waals surface area contributed by atoms with E-state index in [1.54, 1.807) is 31.2 Å². The first-order valence-electron chi connectivity index (χ1n) is 8.22.